The van der Waals surface area contributed by atoms with Crippen LogP contribution < -0.4 is 5.14 Å². The molecule has 0 amide bonds. The molecule has 3 rings (SSSR count). The summed E-state index contributed by atoms with van der Waals surface area (Å²) < 4.78 is 26.4. The highest BCUT2D eigenvalue weighted by Crippen LogP contribution is 2.28. The molecule has 1 heterocycles. The smallest absolute Gasteiger partial charge is 0.238 e. The summed E-state index contributed by atoms with van der Waals surface area (Å²) >= 11 is 10.3. The lowest BCUT2D eigenvalue weighted by Crippen LogP contribution is -2.11. The van der Waals surface area contributed by atoms with Gasteiger partial charge >= 0.3 is 0 Å². The number of hydrogen-bond donors (Lipinski definition) is 1. The fourth-order valence-corrected chi connectivity index (χ4v) is 4.05. The van der Waals surface area contributed by atoms with Gasteiger partial charge in [-0.05, 0) is 54.2 Å². The first-order chi connectivity index (χ1) is 10.9. The fourth-order valence-electron chi connectivity index (χ4n) is 2.16. The Kier molecular flexibility index (Phi) is 4.52. The van der Waals surface area contributed by atoms with Crippen LogP contribution in [-0.4, -0.2) is 13.0 Å². The van der Waals surface area contributed by atoms with Crippen LogP contribution in [-0.2, 0) is 10.0 Å². The lowest BCUT2D eigenvalue weighted by molar-refractivity contribution is 0.598. The molecule has 0 aliphatic heterocycles. The fraction of sp³-hybridized carbons (Fsp3) is 0. The summed E-state index contributed by atoms with van der Waals surface area (Å²) in [6, 6.07) is 14.3. The Morgan fingerprint density at radius 2 is 1.65 bits per heavy atom. The summed E-state index contributed by atoms with van der Waals surface area (Å²) in [4.78, 5) is 0.0882. The Balaban J connectivity index is 2.12. The molecule has 0 atom stereocenters. The molecule has 0 spiro atoms. The Morgan fingerprint density at radius 1 is 1.04 bits per heavy atom. The largest absolute Gasteiger partial charge is 0.292 e. The second kappa shape index (κ2) is 6.29. The number of rotatable bonds is 3. The summed E-state index contributed by atoms with van der Waals surface area (Å²) in [5, 5.41) is 7.09. The third-order valence-electron chi connectivity index (χ3n) is 3.26. The van der Waals surface area contributed by atoms with E-state index in [0.29, 0.717) is 0 Å². The molecule has 2 aromatic carbocycles. The molecule has 0 bridgehead atoms. The van der Waals surface area contributed by atoms with Crippen LogP contribution in [0.5, 0.6) is 0 Å². The predicted octanol–water partition coefficient (Wildman–Crippen LogP) is 4.35. The SMILES string of the molecule is NS(=O)(=O)c1ccc(-c2csc(=S)n2-c2ccc(Br)cc2)cc1. The van der Waals surface area contributed by atoms with Crippen molar-refractivity contribution in [2.24, 2.45) is 5.14 Å². The van der Waals surface area contributed by atoms with Crippen LogP contribution in [0.3, 0.4) is 0 Å². The first-order valence-corrected chi connectivity index (χ1v) is 10.1. The molecule has 8 heteroatoms. The van der Waals surface area contributed by atoms with Crippen molar-refractivity contribution in [1.29, 1.82) is 0 Å². The van der Waals surface area contributed by atoms with Gasteiger partial charge in [0.1, 0.15) is 0 Å². The number of halogens is 1. The molecule has 23 heavy (non-hydrogen) atoms. The van der Waals surface area contributed by atoms with Crippen LogP contribution in [0.25, 0.3) is 16.9 Å². The van der Waals surface area contributed by atoms with E-state index in [1.165, 1.54) is 23.5 Å². The molecule has 118 valence electrons. The van der Waals surface area contributed by atoms with Gasteiger partial charge in [-0.25, -0.2) is 13.6 Å². The number of thiazole rings is 1. The van der Waals surface area contributed by atoms with E-state index in [-0.39, 0.29) is 4.90 Å². The van der Waals surface area contributed by atoms with Crippen molar-refractivity contribution < 1.29 is 8.42 Å². The zero-order valence-corrected chi connectivity index (χ0v) is 15.7. The molecule has 0 saturated heterocycles. The maximum Gasteiger partial charge on any atom is 0.238 e. The number of hydrogen-bond acceptors (Lipinski definition) is 4. The number of nitrogens with two attached hydrogens (primary N) is 1. The summed E-state index contributed by atoms with van der Waals surface area (Å²) in [5.74, 6) is 0. The van der Waals surface area contributed by atoms with E-state index in [1.807, 2.05) is 34.2 Å². The van der Waals surface area contributed by atoms with E-state index in [4.69, 9.17) is 17.4 Å². The van der Waals surface area contributed by atoms with Gasteiger partial charge in [0.25, 0.3) is 0 Å². The third-order valence-corrected chi connectivity index (χ3v) is 5.91. The molecule has 4 nitrogen and oxygen atoms in total. The Morgan fingerprint density at radius 3 is 2.22 bits per heavy atom. The highest BCUT2D eigenvalue weighted by molar-refractivity contribution is 9.10. The summed E-state index contributed by atoms with van der Waals surface area (Å²) in [5.41, 5.74) is 2.72. The minimum Gasteiger partial charge on any atom is -0.292 e. The third kappa shape index (κ3) is 3.46. The van der Waals surface area contributed by atoms with Crippen molar-refractivity contribution in [2.75, 3.05) is 0 Å². The second-order valence-corrected chi connectivity index (χ2v) is 8.75. The van der Waals surface area contributed by atoms with Gasteiger partial charge in [-0.1, -0.05) is 28.1 Å². The molecular formula is C15H11BrN2O2S3. The standard InChI is InChI=1S/C15H11BrN2O2S3/c16-11-3-5-12(6-4-11)18-14(9-22-15(18)21)10-1-7-13(8-2-10)23(17,19)20/h1-9H,(H2,17,19,20). The van der Waals surface area contributed by atoms with E-state index in [9.17, 15) is 8.42 Å². The van der Waals surface area contributed by atoms with Crippen molar-refractivity contribution >= 4 is 49.5 Å². The van der Waals surface area contributed by atoms with Gasteiger partial charge in [0.2, 0.25) is 10.0 Å². The maximum absolute atomic E-state index is 11.4. The Hall–Kier alpha value is -1.32. The zero-order valence-electron chi connectivity index (χ0n) is 11.6. The van der Waals surface area contributed by atoms with Crippen molar-refractivity contribution in [3.63, 3.8) is 0 Å². The highest BCUT2D eigenvalue weighted by atomic mass is 79.9. The van der Waals surface area contributed by atoms with Crippen LogP contribution >= 0.6 is 39.5 Å². The van der Waals surface area contributed by atoms with Gasteiger partial charge in [0.05, 0.1) is 10.6 Å². The van der Waals surface area contributed by atoms with E-state index < -0.39 is 10.0 Å². The molecule has 1 aromatic heterocycles. The molecule has 3 aromatic rings. The van der Waals surface area contributed by atoms with Crippen LogP contribution in [0.4, 0.5) is 0 Å². The van der Waals surface area contributed by atoms with Gasteiger partial charge in [0, 0.05) is 15.5 Å². The Bertz CT molecular complexity index is 1000. The normalized spacial score (nSPS) is 11.6. The molecular weight excluding hydrogens is 416 g/mol. The summed E-state index contributed by atoms with van der Waals surface area (Å²) in [7, 11) is -3.69. The Labute approximate surface area is 151 Å². The van der Waals surface area contributed by atoms with Crippen molar-refractivity contribution in [2.45, 2.75) is 4.90 Å². The molecule has 2 N–H and O–H groups in total. The number of benzene rings is 2. The monoisotopic (exact) mass is 426 g/mol. The van der Waals surface area contributed by atoms with Gasteiger partial charge in [-0.15, -0.1) is 11.3 Å². The quantitative estimate of drug-likeness (QED) is 0.633. The van der Waals surface area contributed by atoms with E-state index in [1.54, 1.807) is 12.1 Å². The van der Waals surface area contributed by atoms with E-state index in [0.717, 1.165) is 25.4 Å². The predicted molar refractivity (Wildman–Crippen MR) is 99.0 cm³/mol. The van der Waals surface area contributed by atoms with Gasteiger partial charge < -0.3 is 0 Å². The lowest BCUT2D eigenvalue weighted by atomic mass is 10.1. The van der Waals surface area contributed by atoms with Crippen molar-refractivity contribution in [3.8, 4) is 16.9 Å². The van der Waals surface area contributed by atoms with Crippen LogP contribution in [0.15, 0.2) is 63.3 Å². The molecule has 0 saturated carbocycles. The summed E-state index contributed by atoms with van der Waals surface area (Å²) in [6.07, 6.45) is 0. The zero-order chi connectivity index (χ0) is 16.6. The molecule has 0 aliphatic rings. The highest BCUT2D eigenvalue weighted by Gasteiger charge is 2.11. The van der Waals surface area contributed by atoms with Crippen molar-refractivity contribution in [3.05, 3.63) is 62.3 Å². The van der Waals surface area contributed by atoms with Crippen molar-refractivity contribution in [1.82, 2.24) is 4.57 Å². The van der Waals surface area contributed by atoms with Crippen LogP contribution in [0.1, 0.15) is 0 Å². The molecule has 0 aliphatic carbocycles. The summed E-state index contributed by atoms with van der Waals surface area (Å²) in [6.45, 7) is 0. The van der Waals surface area contributed by atoms with Gasteiger partial charge in [-0.2, -0.15) is 0 Å². The molecule has 0 radical (unpaired) electrons. The minimum atomic E-state index is -3.69. The molecule has 0 fully saturated rings. The average Bonchev–Trinajstić information content (AvgIpc) is 2.89. The van der Waals surface area contributed by atoms with Crippen LogP contribution in [0.2, 0.25) is 0 Å². The van der Waals surface area contributed by atoms with E-state index >= 15 is 0 Å². The second-order valence-electron chi connectivity index (χ2n) is 4.77. The van der Waals surface area contributed by atoms with Crippen LogP contribution in [0, 0.1) is 3.95 Å². The lowest BCUT2D eigenvalue weighted by Gasteiger charge is -2.09. The number of nitrogens with zero attached hydrogens (tertiary/aromatic N) is 1. The topological polar surface area (TPSA) is 65.1 Å². The number of primary sulfonamides is 1. The van der Waals surface area contributed by atoms with Gasteiger partial charge in [0.15, 0.2) is 3.95 Å². The number of aromatic nitrogens is 1. The minimum absolute atomic E-state index is 0.0882. The average molecular weight is 427 g/mol. The first-order valence-electron chi connectivity index (χ1n) is 6.46. The first kappa shape index (κ1) is 16.5. The van der Waals surface area contributed by atoms with E-state index in [2.05, 4.69) is 15.9 Å². The number of sulfonamides is 1. The van der Waals surface area contributed by atoms with Gasteiger partial charge in [-0.3, -0.25) is 4.57 Å². The molecule has 0 unspecified atom stereocenters. The maximum atomic E-state index is 11.4.